The first-order chi connectivity index (χ1) is 19.6. The van der Waals surface area contributed by atoms with E-state index in [4.69, 9.17) is 14.5 Å². The third-order valence-electron chi connectivity index (χ3n) is 9.34. The van der Waals surface area contributed by atoms with E-state index in [2.05, 4.69) is 44.4 Å². The predicted molar refractivity (Wildman–Crippen MR) is 152 cm³/mol. The number of ether oxygens (including phenoxy) is 2. The molecule has 0 radical (unpaired) electrons. The van der Waals surface area contributed by atoms with Crippen molar-refractivity contribution in [2.45, 2.75) is 44.5 Å². The smallest absolute Gasteiger partial charge is 0.254 e. The van der Waals surface area contributed by atoms with Crippen LogP contribution >= 0.6 is 0 Å². The molecular weight excluding hydrogens is 504 g/mol. The molecule has 8 rings (SSSR count). The minimum atomic E-state index is 0.154. The zero-order chi connectivity index (χ0) is 26.7. The van der Waals surface area contributed by atoms with Crippen LogP contribution in [-0.4, -0.2) is 90.3 Å². The summed E-state index contributed by atoms with van der Waals surface area (Å²) in [6.45, 7) is 9.14. The number of piperidine rings is 1. The van der Waals surface area contributed by atoms with Gasteiger partial charge < -0.3 is 24.6 Å². The monoisotopic (exact) mass is 540 g/mol. The largest absolute Gasteiger partial charge is 0.489 e. The number of hydrogen-bond donors (Lipinski definition) is 1. The van der Waals surface area contributed by atoms with E-state index in [0.717, 1.165) is 112 Å². The molecule has 1 spiro atoms. The highest BCUT2D eigenvalue weighted by molar-refractivity contribution is 5.98. The molecular formula is C31H36N6O3. The van der Waals surface area contributed by atoms with Gasteiger partial charge in [-0.1, -0.05) is 6.07 Å². The molecule has 3 aromatic rings. The van der Waals surface area contributed by atoms with Gasteiger partial charge in [0.25, 0.3) is 5.91 Å². The molecule has 5 aliphatic heterocycles. The van der Waals surface area contributed by atoms with Crippen molar-refractivity contribution in [1.82, 2.24) is 25.1 Å². The Morgan fingerprint density at radius 2 is 2.05 bits per heavy atom. The Hall–Kier alpha value is -3.27. The number of likely N-dealkylation sites (tertiary alicyclic amines) is 1. The minimum Gasteiger partial charge on any atom is -0.489 e. The summed E-state index contributed by atoms with van der Waals surface area (Å²) in [5, 5.41) is 4.52. The molecule has 1 N–H and O–H groups in total. The second-order valence-corrected chi connectivity index (χ2v) is 12.4. The average molecular weight is 541 g/mol. The van der Waals surface area contributed by atoms with Crippen LogP contribution in [0.1, 0.15) is 40.7 Å². The van der Waals surface area contributed by atoms with E-state index in [9.17, 15) is 4.79 Å². The van der Waals surface area contributed by atoms with Gasteiger partial charge in [-0.2, -0.15) is 0 Å². The molecule has 6 heterocycles. The van der Waals surface area contributed by atoms with Crippen molar-refractivity contribution in [2.24, 2.45) is 5.41 Å². The standard InChI is InChI=1S/C31H36N6O3/c38-29-27-5-4-25(11-23(27)15-37(29)24-2-1-8-32-13-24)40-26-7-9-35(16-26)14-21-3-6-28-22(10-21)12-33-30(34-28)36-17-31(18-36)19-39-20-31/h3-6,10-12,24,26,32H,1-2,7-9,13-20H2/t24?,26-/m0/s1. The van der Waals surface area contributed by atoms with Gasteiger partial charge in [0.2, 0.25) is 5.95 Å². The van der Waals surface area contributed by atoms with Gasteiger partial charge in [0.1, 0.15) is 11.9 Å². The van der Waals surface area contributed by atoms with Crippen molar-refractivity contribution >= 4 is 22.8 Å². The van der Waals surface area contributed by atoms with Crippen molar-refractivity contribution < 1.29 is 14.3 Å². The highest BCUT2D eigenvalue weighted by atomic mass is 16.5. The highest BCUT2D eigenvalue weighted by Gasteiger charge is 2.49. The number of benzene rings is 2. The van der Waals surface area contributed by atoms with Gasteiger partial charge in [0, 0.05) is 69.0 Å². The topological polar surface area (TPSA) is 83.1 Å². The lowest BCUT2D eigenvalue weighted by Crippen LogP contribution is -2.66. The molecule has 1 aromatic heterocycles. The van der Waals surface area contributed by atoms with Gasteiger partial charge >= 0.3 is 0 Å². The zero-order valence-electron chi connectivity index (χ0n) is 22.8. The van der Waals surface area contributed by atoms with Gasteiger partial charge in [-0.15, -0.1) is 0 Å². The van der Waals surface area contributed by atoms with Gasteiger partial charge in [-0.25, -0.2) is 9.97 Å². The first kappa shape index (κ1) is 24.5. The molecule has 2 atom stereocenters. The van der Waals surface area contributed by atoms with E-state index in [1.165, 1.54) is 5.56 Å². The normalized spacial score (nSPS) is 25.8. The molecule has 2 aromatic carbocycles. The number of nitrogens with zero attached hydrogens (tertiary/aromatic N) is 5. The number of fused-ring (bicyclic) bond motifs is 2. The minimum absolute atomic E-state index is 0.154. The number of hydrogen-bond acceptors (Lipinski definition) is 8. The fraction of sp³-hybridized carbons (Fsp3) is 0.516. The summed E-state index contributed by atoms with van der Waals surface area (Å²) in [5.74, 6) is 1.86. The van der Waals surface area contributed by atoms with Gasteiger partial charge in [-0.3, -0.25) is 9.69 Å². The summed E-state index contributed by atoms with van der Waals surface area (Å²) >= 11 is 0. The number of anilines is 1. The quantitative estimate of drug-likeness (QED) is 0.511. The Morgan fingerprint density at radius 3 is 2.88 bits per heavy atom. The Kier molecular flexibility index (Phi) is 5.93. The van der Waals surface area contributed by atoms with Gasteiger partial charge in [-0.05, 0) is 67.3 Å². The van der Waals surface area contributed by atoms with Crippen LogP contribution in [0.4, 0.5) is 5.95 Å². The lowest BCUT2D eigenvalue weighted by molar-refractivity contribution is -0.127. The lowest BCUT2D eigenvalue weighted by Gasteiger charge is -2.54. The molecule has 0 saturated carbocycles. The van der Waals surface area contributed by atoms with Crippen LogP contribution in [0, 0.1) is 5.41 Å². The number of carbonyl (C=O) groups is 1. The zero-order valence-corrected chi connectivity index (χ0v) is 22.8. The maximum Gasteiger partial charge on any atom is 0.254 e. The van der Waals surface area contributed by atoms with Gasteiger partial charge in [0.15, 0.2) is 0 Å². The van der Waals surface area contributed by atoms with Crippen LogP contribution in [0.5, 0.6) is 5.75 Å². The van der Waals surface area contributed by atoms with Crippen LogP contribution in [0.15, 0.2) is 42.6 Å². The van der Waals surface area contributed by atoms with Crippen LogP contribution in [0.25, 0.3) is 10.9 Å². The van der Waals surface area contributed by atoms with E-state index in [-0.39, 0.29) is 12.0 Å². The Morgan fingerprint density at radius 1 is 1.12 bits per heavy atom. The van der Waals surface area contributed by atoms with Crippen molar-refractivity contribution in [3.63, 3.8) is 0 Å². The fourth-order valence-corrected chi connectivity index (χ4v) is 7.08. The summed E-state index contributed by atoms with van der Waals surface area (Å²) in [5.41, 5.74) is 4.55. The molecule has 4 saturated heterocycles. The third kappa shape index (κ3) is 4.40. The molecule has 9 heteroatoms. The SMILES string of the molecule is O=C1c2ccc(O[C@H]3CCN(Cc4ccc5nc(N6CC7(COC7)C6)ncc5c4)C3)cc2CN1C1CCCNC1. The van der Waals surface area contributed by atoms with E-state index in [0.29, 0.717) is 18.0 Å². The summed E-state index contributed by atoms with van der Waals surface area (Å²) < 4.78 is 11.8. The molecule has 40 heavy (non-hydrogen) atoms. The highest BCUT2D eigenvalue weighted by Crippen LogP contribution is 2.39. The lowest BCUT2D eigenvalue weighted by atomic mass is 9.78. The summed E-state index contributed by atoms with van der Waals surface area (Å²) in [6, 6.07) is 12.8. The molecule has 1 unspecified atom stereocenters. The molecule has 0 bridgehead atoms. The Labute approximate surface area is 234 Å². The Bertz CT molecular complexity index is 1440. The maximum atomic E-state index is 13.0. The number of nitrogens with one attached hydrogen (secondary N) is 1. The molecule has 0 aliphatic carbocycles. The number of carbonyl (C=O) groups excluding carboxylic acids is 1. The first-order valence-electron chi connectivity index (χ1n) is 14.7. The summed E-state index contributed by atoms with van der Waals surface area (Å²) in [6.07, 6.45) is 5.32. The second kappa shape index (κ2) is 9.68. The van der Waals surface area contributed by atoms with Crippen LogP contribution in [0.2, 0.25) is 0 Å². The van der Waals surface area contributed by atoms with Crippen molar-refractivity contribution in [3.8, 4) is 5.75 Å². The Balaban J connectivity index is 0.874. The number of amides is 1. The average Bonchev–Trinajstić information content (AvgIpc) is 3.50. The van der Waals surface area contributed by atoms with Crippen LogP contribution < -0.4 is 15.0 Å². The predicted octanol–water partition coefficient (Wildman–Crippen LogP) is 2.83. The first-order valence-corrected chi connectivity index (χ1v) is 14.7. The van der Waals surface area contributed by atoms with E-state index in [1.54, 1.807) is 0 Å². The maximum absolute atomic E-state index is 13.0. The molecule has 9 nitrogen and oxygen atoms in total. The van der Waals surface area contributed by atoms with Crippen molar-refractivity contribution in [2.75, 3.05) is 57.4 Å². The summed E-state index contributed by atoms with van der Waals surface area (Å²) in [7, 11) is 0. The van der Waals surface area contributed by atoms with Crippen LogP contribution in [0.3, 0.4) is 0 Å². The third-order valence-corrected chi connectivity index (χ3v) is 9.34. The molecule has 5 aliphatic rings. The summed E-state index contributed by atoms with van der Waals surface area (Å²) in [4.78, 5) is 29.2. The van der Waals surface area contributed by atoms with E-state index in [1.807, 2.05) is 23.2 Å². The number of rotatable bonds is 6. The molecule has 1 amide bonds. The van der Waals surface area contributed by atoms with Crippen LogP contribution in [-0.2, 0) is 17.8 Å². The second-order valence-electron chi connectivity index (χ2n) is 12.4. The van der Waals surface area contributed by atoms with Crippen molar-refractivity contribution in [3.05, 3.63) is 59.3 Å². The van der Waals surface area contributed by atoms with E-state index >= 15 is 0 Å². The van der Waals surface area contributed by atoms with E-state index < -0.39 is 0 Å². The van der Waals surface area contributed by atoms with Gasteiger partial charge in [0.05, 0.1) is 24.1 Å². The van der Waals surface area contributed by atoms with Crippen molar-refractivity contribution in [1.29, 1.82) is 0 Å². The fourth-order valence-electron chi connectivity index (χ4n) is 7.08. The molecule has 4 fully saturated rings. The molecule has 208 valence electrons. The number of aromatic nitrogens is 2.